The van der Waals surface area contributed by atoms with E-state index in [1.54, 1.807) is 29.5 Å². The normalized spacial score (nSPS) is 11.5. The molecule has 0 aliphatic heterocycles. The Labute approximate surface area is 157 Å². The van der Waals surface area contributed by atoms with Crippen LogP contribution < -0.4 is 5.32 Å². The first-order valence-electron chi connectivity index (χ1n) is 8.12. The molecule has 0 unspecified atom stereocenters. The van der Waals surface area contributed by atoms with E-state index in [0.717, 1.165) is 15.7 Å². The van der Waals surface area contributed by atoms with E-state index in [0.29, 0.717) is 12.1 Å². The van der Waals surface area contributed by atoms with Crippen molar-refractivity contribution < 1.29 is 13.2 Å². The summed E-state index contributed by atoms with van der Waals surface area (Å²) in [4.78, 5) is 20.7. The van der Waals surface area contributed by atoms with Gasteiger partial charge in [0.1, 0.15) is 12.1 Å². The average molecular weight is 385 g/mol. The number of pyridine rings is 1. The zero-order valence-electron chi connectivity index (χ0n) is 14.9. The molecule has 1 aromatic carbocycles. The van der Waals surface area contributed by atoms with E-state index in [2.05, 4.69) is 15.3 Å². The van der Waals surface area contributed by atoms with Gasteiger partial charge in [-0.25, -0.2) is 22.7 Å². The van der Waals surface area contributed by atoms with Gasteiger partial charge in [0.15, 0.2) is 0 Å². The highest BCUT2D eigenvalue weighted by atomic mass is 32.2. The van der Waals surface area contributed by atoms with Crippen LogP contribution in [0.5, 0.6) is 0 Å². The quantitative estimate of drug-likeness (QED) is 0.693. The summed E-state index contributed by atoms with van der Waals surface area (Å²) in [7, 11) is -0.590. The number of carbonyl (C=O) groups is 1. The smallest absolute Gasteiger partial charge is 0.251 e. The first kappa shape index (κ1) is 18.7. The number of imidazole rings is 1. The molecule has 0 aliphatic carbocycles. The van der Waals surface area contributed by atoms with E-state index in [-0.39, 0.29) is 10.8 Å². The van der Waals surface area contributed by atoms with Gasteiger partial charge in [0.25, 0.3) is 5.91 Å². The molecule has 2 aromatic heterocycles. The van der Waals surface area contributed by atoms with Crippen LogP contribution in [0.1, 0.15) is 15.9 Å². The molecule has 0 aliphatic rings. The molecule has 1 N–H and O–H groups in total. The van der Waals surface area contributed by atoms with Crippen molar-refractivity contribution in [3.05, 3.63) is 72.4 Å². The molecule has 140 valence electrons. The average Bonchev–Trinajstić information content (AvgIpc) is 3.21. The Kier molecular flexibility index (Phi) is 5.33. The van der Waals surface area contributed by atoms with E-state index in [1.165, 1.54) is 38.4 Å². The molecule has 9 heteroatoms. The van der Waals surface area contributed by atoms with Crippen molar-refractivity contribution in [1.82, 2.24) is 24.2 Å². The van der Waals surface area contributed by atoms with Gasteiger partial charge in [-0.15, -0.1) is 0 Å². The lowest BCUT2D eigenvalue weighted by Crippen LogP contribution is -2.24. The number of amides is 1. The van der Waals surface area contributed by atoms with Crippen LogP contribution in [0, 0.1) is 0 Å². The Morgan fingerprint density at radius 2 is 1.89 bits per heavy atom. The number of benzene rings is 1. The highest BCUT2D eigenvalue weighted by Gasteiger charge is 2.17. The van der Waals surface area contributed by atoms with Gasteiger partial charge in [-0.1, -0.05) is 6.07 Å². The highest BCUT2D eigenvalue weighted by molar-refractivity contribution is 7.89. The van der Waals surface area contributed by atoms with Crippen molar-refractivity contribution in [2.75, 3.05) is 14.1 Å². The fourth-order valence-electron chi connectivity index (χ4n) is 2.34. The molecule has 3 aromatic rings. The summed E-state index contributed by atoms with van der Waals surface area (Å²) < 4.78 is 27.0. The van der Waals surface area contributed by atoms with Crippen molar-refractivity contribution in [1.29, 1.82) is 0 Å². The Morgan fingerprint density at radius 3 is 2.44 bits per heavy atom. The van der Waals surface area contributed by atoms with Gasteiger partial charge in [0.2, 0.25) is 10.0 Å². The largest absolute Gasteiger partial charge is 0.348 e. The SMILES string of the molecule is CN(C)S(=O)(=O)c1ccc(C(=O)NCc2ccc(-n3ccnc3)nc2)cc1. The molecule has 0 fully saturated rings. The minimum atomic E-state index is -3.51. The molecule has 0 saturated carbocycles. The highest BCUT2D eigenvalue weighted by Crippen LogP contribution is 2.14. The van der Waals surface area contributed by atoms with Gasteiger partial charge >= 0.3 is 0 Å². The number of nitrogens with zero attached hydrogens (tertiary/aromatic N) is 4. The van der Waals surface area contributed by atoms with Gasteiger partial charge in [-0.2, -0.15) is 0 Å². The molecule has 27 heavy (non-hydrogen) atoms. The van der Waals surface area contributed by atoms with Gasteiger partial charge in [-0.3, -0.25) is 9.36 Å². The summed E-state index contributed by atoms with van der Waals surface area (Å²) in [6.45, 7) is 0.313. The number of carbonyl (C=O) groups excluding carboxylic acids is 1. The lowest BCUT2D eigenvalue weighted by atomic mass is 10.2. The van der Waals surface area contributed by atoms with Crippen LogP contribution in [0.25, 0.3) is 5.82 Å². The van der Waals surface area contributed by atoms with Gasteiger partial charge in [-0.05, 0) is 35.9 Å². The van der Waals surface area contributed by atoms with Crippen molar-refractivity contribution in [3.63, 3.8) is 0 Å². The number of hydrogen-bond donors (Lipinski definition) is 1. The van der Waals surface area contributed by atoms with Crippen molar-refractivity contribution in [2.45, 2.75) is 11.4 Å². The van der Waals surface area contributed by atoms with E-state index in [4.69, 9.17) is 0 Å². The number of rotatable bonds is 6. The summed E-state index contributed by atoms with van der Waals surface area (Å²) in [5.74, 6) is 0.447. The van der Waals surface area contributed by atoms with Gasteiger partial charge < -0.3 is 5.32 Å². The number of nitrogens with one attached hydrogen (secondary N) is 1. The summed E-state index contributed by atoms with van der Waals surface area (Å²) >= 11 is 0. The first-order valence-corrected chi connectivity index (χ1v) is 9.56. The third-order valence-corrected chi connectivity index (χ3v) is 5.76. The Hall–Kier alpha value is -3.04. The zero-order chi connectivity index (χ0) is 19.4. The molecule has 0 atom stereocenters. The third kappa shape index (κ3) is 4.21. The van der Waals surface area contributed by atoms with Crippen LogP contribution in [0.15, 0.2) is 66.2 Å². The molecule has 0 spiro atoms. The molecule has 8 nitrogen and oxygen atoms in total. The monoisotopic (exact) mass is 385 g/mol. The number of sulfonamides is 1. The van der Waals surface area contributed by atoms with Crippen molar-refractivity contribution in [2.24, 2.45) is 0 Å². The molecule has 3 rings (SSSR count). The number of aromatic nitrogens is 3. The minimum Gasteiger partial charge on any atom is -0.348 e. The van der Waals surface area contributed by atoms with E-state index < -0.39 is 10.0 Å². The minimum absolute atomic E-state index is 0.142. The fourth-order valence-corrected chi connectivity index (χ4v) is 3.24. The van der Waals surface area contributed by atoms with Crippen LogP contribution in [0.4, 0.5) is 0 Å². The second kappa shape index (κ2) is 7.68. The molecule has 0 bridgehead atoms. The van der Waals surface area contributed by atoms with E-state index >= 15 is 0 Å². The Bertz CT molecular complexity index is 1010. The summed E-state index contributed by atoms with van der Waals surface area (Å²) in [6.07, 6.45) is 6.81. The summed E-state index contributed by atoms with van der Waals surface area (Å²) in [5.41, 5.74) is 1.23. The second-order valence-electron chi connectivity index (χ2n) is 5.99. The van der Waals surface area contributed by atoms with Crippen LogP contribution in [0.3, 0.4) is 0 Å². The molecule has 2 heterocycles. The summed E-state index contributed by atoms with van der Waals surface area (Å²) in [5, 5.41) is 2.79. The van der Waals surface area contributed by atoms with Crippen molar-refractivity contribution >= 4 is 15.9 Å². The maximum atomic E-state index is 12.3. The first-order chi connectivity index (χ1) is 12.9. The second-order valence-corrected chi connectivity index (χ2v) is 8.14. The molecular weight excluding hydrogens is 366 g/mol. The molecular formula is C18H19N5O3S. The Balaban J connectivity index is 1.62. The maximum absolute atomic E-state index is 12.3. The molecule has 0 saturated heterocycles. The van der Waals surface area contributed by atoms with Crippen LogP contribution in [-0.2, 0) is 16.6 Å². The van der Waals surface area contributed by atoms with E-state index in [9.17, 15) is 13.2 Å². The van der Waals surface area contributed by atoms with Crippen LogP contribution in [-0.4, -0.2) is 47.3 Å². The third-order valence-electron chi connectivity index (χ3n) is 3.93. The maximum Gasteiger partial charge on any atom is 0.251 e. The van der Waals surface area contributed by atoms with Crippen LogP contribution >= 0.6 is 0 Å². The fraction of sp³-hybridized carbons (Fsp3) is 0.167. The topological polar surface area (TPSA) is 97.2 Å². The molecule has 0 radical (unpaired) electrons. The lowest BCUT2D eigenvalue weighted by molar-refractivity contribution is 0.0951. The van der Waals surface area contributed by atoms with Gasteiger partial charge in [0, 0.05) is 44.8 Å². The summed E-state index contributed by atoms with van der Waals surface area (Å²) in [6, 6.07) is 9.54. The van der Waals surface area contributed by atoms with Crippen molar-refractivity contribution in [3.8, 4) is 5.82 Å². The zero-order valence-corrected chi connectivity index (χ0v) is 15.7. The standard InChI is InChI=1S/C18H19N5O3S/c1-22(2)27(25,26)16-6-4-15(5-7-16)18(24)21-12-14-3-8-17(20-11-14)23-10-9-19-13-23/h3-11,13H,12H2,1-2H3,(H,21,24). The van der Waals surface area contributed by atoms with Crippen LogP contribution in [0.2, 0.25) is 0 Å². The van der Waals surface area contributed by atoms with E-state index in [1.807, 2.05) is 12.1 Å². The predicted molar refractivity (Wildman–Crippen MR) is 99.8 cm³/mol. The molecule has 1 amide bonds. The number of hydrogen-bond acceptors (Lipinski definition) is 5. The Morgan fingerprint density at radius 1 is 1.15 bits per heavy atom. The van der Waals surface area contributed by atoms with Gasteiger partial charge in [0.05, 0.1) is 4.90 Å². The lowest BCUT2D eigenvalue weighted by Gasteiger charge is -2.11. The predicted octanol–water partition coefficient (Wildman–Crippen LogP) is 1.45.